The summed E-state index contributed by atoms with van der Waals surface area (Å²) >= 11 is 3.05. The zero-order chi connectivity index (χ0) is 8.97. The molecule has 0 radical (unpaired) electrons. The molecule has 5 heteroatoms. The Morgan fingerprint density at radius 3 is 2.42 bits per heavy atom. The van der Waals surface area contributed by atoms with Crippen LogP contribution in [0.5, 0.6) is 0 Å². The first-order chi connectivity index (χ1) is 5.75. The molecule has 0 saturated heterocycles. The number of aromatic nitrogens is 2. The van der Waals surface area contributed by atoms with Crippen LogP contribution in [0.15, 0.2) is 18.5 Å². The number of rotatable bonds is 3. The SMILES string of the molecule is OC(CBr)C(O)c1ncccn1. The normalized spacial score (nSPS) is 15.6. The van der Waals surface area contributed by atoms with E-state index in [0.717, 1.165) is 0 Å². The van der Waals surface area contributed by atoms with Crippen LogP contribution >= 0.6 is 15.9 Å². The molecule has 0 aromatic carbocycles. The topological polar surface area (TPSA) is 66.2 Å². The van der Waals surface area contributed by atoms with E-state index in [1.54, 1.807) is 6.07 Å². The van der Waals surface area contributed by atoms with E-state index in [2.05, 4.69) is 25.9 Å². The molecule has 0 fully saturated rings. The Labute approximate surface area is 78.4 Å². The summed E-state index contributed by atoms with van der Waals surface area (Å²) in [6.45, 7) is 0. The third-order valence-electron chi connectivity index (χ3n) is 1.37. The average molecular weight is 233 g/mol. The minimum absolute atomic E-state index is 0.240. The summed E-state index contributed by atoms with van der Waals surface area (Å²) in [5, 5.41) is 18.9. The molecule has 1 aromatic rings. The van der Waals surface area contributed by atoms with Gasteiger partial charge in [0.15, 0.2) is 5.82 Å². The quantitative estimate of drug-likeness (QED) is 0.735. The van der Waals surface area contributed by atoms with Crippen molar-refractivity contribution in [3.8, 4) is 0 Å². The highest BCUT2D eigenvalue weighted by Crippen LogP contribution is 2.12. The Hall–Kier alpha value is -0.520. The Balaban J connectivity index is 2.71. The van der Waals surface area contributed by atoms with Crippen molar-refractivity contribution < 1.29 is 10.2 Å². The van der Waals surface area contributed by atoms with Crippen molar-refractivity contribution in [3.05, 3.63) is 24.3 Å². The van der Waals surface area contributed by atoms with Gasteiger partial charge in [-0.2, -0.15) is 0 Å². The fraction of sp³-hybridized carbons (Fsp3) is 0.429. The first-order valence-electron chi connectivity index (χ1n) is 3.44. The van der Waals surface area contributed by atoms with Crippen molar-refractivity contribution in [2.45, 2.75) is 12.2 Å². The van der Waals surface area contributed by atoms with E-state index < -0.39 is 12.2 Å². The maximum absolute atomic E-state index is 9.38. The second kappa shape index (κ2) is 4.49. The van der Waals surface area contributed by atoms with Crippen molar-refractivity contribution in [1.82, 2.24) is 9.97 Å². The molecule has 1 rings (SSSR count). The average Bonchev–Trinajstić information content (AvgIpc) is 2.17. The number of halogens is 1. The summed E-state index contributed by atoms with van der Waals surface area (Å²) in [7, 11) is 0. The molecule has 66 valence electrons. The molecule has 0 bridgehead atoms. The molecule has 2 unspecified atom stereocenters. The van der Waals surface area contributed by atoms with Gasteiger partial charge in [0.05, 0.1) is 6.10 Å². The molecule has 1 heterocycles. The molecule has 0 saturated carbocycles. The van der Waals surface area contributed by atoms with E-state index in [4.69, 9.17) is 0 Å². The third kappa shape index (κ3) is 2.23. The van der Waals surface area contributed by atoms with Gasteiger partial charge in [0, 0.05) is 17.7 Å². The smallest absolute Gasteiger partial charge is 0.159 e. The predicted molar refractivity (Wildman–Crippen MR) is 46.8 cm³/mol. The Morgan fingerprint density at radius 1 is 1.33 bits per heavy atom. The van der Waals surface area contributed by atoms with Crippen LogP contribution in [0.1, 0.15) is 11.9 Å². The van der Waals surface area contributed by atoms with Crippen LogP contribution in [-0.2, 0) is 0 Å². The molecule has 0 aliphatic carbocycles. The van der Waals surface area contributed by atoms with Gasteiger partial charge >= 0.3 is 0 Å². The monoisotopic (exact) mass is 232 g/mol. The molecular weight excluding hydrogens is 224 g/mol. The van der Waals surface area contributed by atoms with Crippen LogP contribution in [0.3, 0.4) is 0 Å². The van der Waals surface area contributed by atoms with Crippen molar-refractivity contribution in [3.63, 3.8) is 0 Å². The minimum Gasteiger partial charge on any atom is -0.389 e. The molecule has 1 aromatic heterocycles. The second-order valence-electron chi connectivity index (χ2n) is 2.27. The van der Waals surface area contributed by atoms with Crippen molar-refractivity contribution >= 4 is 15.9 Å². The largest absolute Gasteiger partial charge is 0.389 e. The zero-order valence-corrected chi connectivity index (χ0v) is 7.85. The van der Waals surface area contributed by atoms with Crippen LogP contribution in [0.25, 0.3) is 0 Å². The number of aliphatic hydroxyl groups is 2. The van der Waals surface area contributed by atoms with Crippen molar-refractivity contribution in [1.29, 1.82) is 0 Å². The van der Waals surface area contributed by atoms with Crippen LogP contribution in [0.4, 0.5) is 0 Å². The fourth-order valence-corrected chi connectivity index (χ4v) is 1.07. The van der Waals surface area contributed by atoms with Crippen LogP contribution in [0.2, 0.25) is 0 Å². The summed E-state index contributed by atoms with van der Waals surface area (Å²) in [6.07, 6.45) is 1.15. The first kappa shape index (κ1) is 9.57. The zero-order valence-electron chi connectivity index (χ0n) is 6.26. The third-order valence-corrected chi connectivity index (χ3v) is 2.04. The Morgan fingerprint density at radius 2 is 1.92 bits per heavy atom. The lowest BCUT2D eigenvalue weighted by Gasteiger charge is -2.12. The summed E-state index contributed by atoms with van der Waals surface area (Å²) in [5.41, 5.74) is 0. The van der Waals surface area contributed by atoms with Gasteiger partial charge in [-0.1, -0.05) is 15.9 Å². The summed E-state index contributed by atoms with van der Waals surface area (Å²) < 4.78 is 0. The number of aliphatic hydroxyl groups excluding tert-OH is 2. The summed E-state index contributed by atoms with van der Waals surface area (Å²) in [4.78, 5) is 7.61. The van der Waals surface area contributed by atoms with E-state index in [9.17, 15) is 10.2 Å². The van der Waals surface area contributed by atoms with Gasteiger partial charge in [-0.05, 0) is 6.07 Å². The van der Waals surface area contributed by atoms with Gasteiger partial charge in [0.25, 0.3) is 0 Å². The van der Waals surface area contributed by atoms with Gasteiger partial charge in [-0.25, -0.2) is 9.97 Å². The molecule has 0 amide bonds. The minimum atomic E-state index is -1.02. The highest BCUT2D eigenvalue weighted by atomic mass is 79.9. The van der Waals surface area contributed by atoms with Crippen molar-refractivity contribution in [2.75, 3.05) is 5.33 Å². The lowest BCUT2D eigenvalue weighted by atomic mass is 10.2. The van der Waals surface area contributed by atoms with E-state index in [1.165, 1.54) is 12.4 Å². The second-order valence-corrected chi connectivity index (χ2v) is 2.92. The highest BCUT2D eigenvalue weighted by Gasteiger charge is 2.18. The Bertz CT molecular complexity index is 232. The number of nitrogens with zero attached hydrogens (tertiary/aromatic N) is 2. The molecule has 2 atom stereocenters. The summed E-state index contributed by atoms with van der Waals surface area (Å²) in [5.74, 6) is 0.240. The van der Waals surface area contributed by atoms with E-state index in [-0.39, 0.29) is 5.82 Å². The molecule has 4 nitrogen and oxygen atoms in total. The van der Waals surface area contributed by atoms with E-state index in [1.807, 2.05) is 0 Å². The molecule has 2 N–H and O–H groups in total. The first-order valence-corrected chi connectivity index (χ1v) is 4.57. The van der Waals surface area contributed by atoms with Gasteiger partial charge < -0.3 is 10.2 Å². The Kier molecular flexibility index (Phi) is 3.58. The van der Waals surface area contributed by atoms with E-state index in [0.29, 0.717) is 5.33 Å². The lowest BCUT2D eigenvalue weighted by Crippen LogP contribution is -2.21. The van der Waals surface area contributed by atoms with Crippen LogP contribution in [-0.4, -0.2) is 31.6 Å². The number of hydrogen-bond donors (Lipinski definition) is 2. The van der Waals surface area contributed by atoms with Gasteiger partial charge in [0.1, 0.15) is 6.10 Å². The lowest BCUT2D eigenvalue weighted by molar-refractivity contribution is 0.0285. The standard InChI is InChI=1S/C7H9BrN2O2/c8-4-5(11)6(12)7-9-2-1-3-10-7/h1-3,5-6,11-12H,4H2. The highest BCUT2D eigenvalue weighted by molar-refractivity contribution is 9.09. The number of hydrogen-bond acceptors (Lipinski definition) is 4. The van der Waals surface area contributed by atoms with Crippen LogP contribution in [0, 0.1) is 0 Å². The fourth-order valence-electron chi connectivity index (χ4n) is 0.720. The molecule has 12 heavy (non-hydrogen) atoms. The summed E-state index contributed by atoms with van der Waals surface area (Å²) in [6, 6.07) is 1.65. The number of alkyl halides is 1. The van der Waals surface area contributed by atoms with Gasteiger partial charge in [-0.15, -0.1) is 0 Å². The van der Waals surface area contributed by atoms with Gasteiger partial charge in [-0.3, -0.25) is 0 Å². The van der Waals surface area contributed by atoms with Gasteiger partial charge in [0.2, 0.25) is 0 Å². The molecule has 0 aliphatic rings. The maximum Gasteiger partial charge on any atom is 0.159 e. The molecule has 0 spiro atoms. The van der Waals surface area contributed by atoms with Crippen LogP contribution < -0.4 is 0 Å². The molecular formula is C7H9BrN2O2. The van der Waals surface area contributed by atoms with Crippen molar-refractivity contribution in [2.24, 2.45) is 0 Å². The van der Waals surface area contributed by atoms with E-state index >= 15 is 0 Å². The predicted octanol–water partition coefficient (Wildman–Crippen LogP) is 0.266. The molecule has 0 aliphatic heterocycles. The maximum atomic E-state index is 9.38.